The van der Waals surface area contributed by atoms with E-state index in [2.05, 4.69) is 26.6 Å². The molecule has 136 valence electrons. The lowest BCUT2D eigenvalue weighted by molar-refractivity contribution is -0.114. The minimum atomic E-state index is -0.119. The van der Waals surface area contributed by atoms with E-state index in [0.29, 0.717) is 24.5 Å². The number of hydrogen-bond acceptors (Lipinski definition) is 4. The molecule has 7 heteroatoms. The average molecular weight is 353 g/mol. The van der Waals surface area contributed by atoms with Crippen molar-refractivity contribution in [1.29, 1.82) is 0 Å². The lowest BCUT2D eigenvalue weighted by Crippen LogP contribution is -2.49. The molecule has 0 unspecified atom stereocenters. The highest BCUT2D eigenvalue weighted by Gasteiger charge is 2.21. The Hall–Kier alpha value is -2.93. The molecular formula is C19H23N5O2. The van der Waals surface area contributed by atoms with Gasteiger partial charge in [0, 0.05) is 63.4 Å². The molecule has 0 bridgehead atoms. The molecule has 0 spiro atoms. The van der Waals surface area contributed by atoms with Crippen molar-refractivity contribution in [2.75, 3.05) is 36.8 Å². The van der Waals surface area contributed by atoms with Gasteiger partial charge in [0.25, 0.3) is 0 Å². The smallest absolute Gasteiger partial charge is 0.321 e. The number of pyridine rings is 1. The van der Waals surface area contributed by atoms with Crippen molar-refractivity contribution in [1.82, 2.24) is 14.8 Å². The Morgan fingerprint density at radius 1 is 1.00 bits per heavy atom. The standard InChI is InChI=1S/C19H23N5O2/c1-15(25)21-17-4-6-18(7-5-17)22-19(26)24-11-9-23(10-12-24)14-16-3-2-8-20-13-16/h2-8,13H,9-12,14H2,1H3,(H,21,25)(H,22,26). The van der Waals surface area contributed by atoms with Crippen LogP contribution in [0.1, 0.15) is 12.5 Å². The number of piperazine rings is 1. The van der Waals surface area contributed by atoms with Crippen LogP contribution in [0.25, 0.3) is 0 Å². The minimum Gasteiger partial charge on any atom is -0.326 e. The Balaban J connectivity index is 1.47. The Bertz CT molecular complexity index is 740. The summed E-state index contributed by atoms with van der Waals surface area (Å²) in [5.41, 5.74) is 2.60. The fraction of sp³-hybridized carbons (Fsp3) is 0.316. The molecule has 1 fully saturated rings. The average Bonchev–Trinajstić information content (AvgIpc) is 2.64. The van der Waals surface area contributed by atoms with E-state index < -0.39 is 0 Å². The van der Waals surface area contributed by atoms with Crippen molar-refractivity contribution >= 4 is 23.3 Å². The van der Waals surface area contributed by atoms with E-state index in [9.17, 15) is 9.59 Å². The van der Waals surface area contributed by atoms with Gasteiger partial charge < -0.3 is 15.5 Å². The number of benzene rings is 1. The van der Waals surface area contributed by atoms with Gasteiger partial charge in [-0.05, 0) is 35.9 Å². The number of urea groups is 1. The van der Waals surface area contributed by atoms with Crippen molar-refractivity contribution < 1.29 is 9.59 Å². The van der Waals surface area contributed by atoms with Crippen LogP contribution in [0.3, 0.4) is 0 Å². The molecule has 0 aliphatic carbocycles. The molecule has 2 aromatic rings. The maximum atomic E-state index is 12.4. The van der Waals surface area contributed by atoms with E-state index in [1.807, 2.05) is 17.2 Å². The number of rotatable bonds is 4. The lowest BCUT2D eigenvalue weighted by atomic mass is 10.2. The summed E-state index contributed by atoms with van der Waals surface area (Å²) in [6, 6.07) is 11.0. The van der Waals surface area contributed by atoms with Crippen LogP contribution in [0.5, 0.6) is 0 Å². The first-order chi connectivity index (χ1) is 12.6. The quantitative estimate of drug-likeness (QED) is 0.885. The Kier molecular flexibility index (Phi) is 5.80. The summed E-state index contributed by atoms with van der Waals surface area (Å²) in [7, 11) is 0. The molecule has 1 aliphatic rings. The molecule has 7 nitrogen and oxygen atoms in total. The van der Waals surface area contributed by atoms with Crippen LogP contribution in [0.2, 0.25) is 0 Å². The van der Waals surface area contributed by atoms with E-state index >= 15 is 0 Å². The number of amides is 3. The van der Waals surface area contributed by atoms with Gasteiger partial charge in [-0.2, -0.15) is 0 Å². The first kappa shape index (κ1) is 17.9. The van der Waals surface area contributed by atoms with E-state index in [1.165, 1.54) is 12.5 Å². The van der Waals surface area contributed by atoms with E-state index in [1.54, 1.807) is 30.5 Å². The zero-order valence-electron chi connectivity index (χ0n) is 14.8. The van der Waals surface area contributed by atoms with Crippen LogP contribution in [0, 0.1) is 0 Å². The first-order valence-corrected chi connectivity index (χ1v) is 8.65. The van der Waals surface area contributed by atoms with Crippen LogP contribution < -0.4 is 10.6 Å². The molecule has 0 atom stereocenters. The second-order valence-corrected chi connectivity index (χ2v) is 6.31. The number of nitrogens with zero attached hydrogens (tertiary/aromatic N) is 3. The predicted octanol–water partition coefficient (Wildman–Crippen LogP) is 2.39. The molecule has 3 amide bonds. The van der Waals surface area contributed by atoms with E-state index in [-0.39, 0.29) is 11.9 Å². The lowest BCUT2D eigenvalue weighted by Gasteiger charge is -2.34. The summed E-state index contributed by atoms with van der Waals surface area (Å²) >= 11 is 0. The topological polar surface area (TPSA) is 77.6 Å². The van der Waals surface area contributed by atoms with Gasteiger partial charge in [-0.25, -0.2) is 4.79 Å². The van der Waals surface area contributed by atoms with Gasteiger partial charge in [-0.15, -0.1) is 0 Å². The number of aromatic nitrogens is 1. The van der Waals surface area contributed by atoms with Crippen LogP contribution in [-0.4, -0.2) is 52.9 Å². The zero-order chi connectivity index (χ0) is 18.4. The second-order valence-electron chi connectivity index (χ2n) is 6.31. The fourth-order valence-electron chi connectivity index (χ4n) is 2.90. The molecule has 0 saturated carbocycles. The van der Waals surface area contributed by atoms with Crippen molar-refractivity contribution in [3.05, 3.63) is 54.4 Å². The van der Waals surface area contributed by atoms with E-state index in [0.717, 1.165) is 19.6 Å². The molecular weight excluding hydrogens is 330 g/mol. The van der Waals surface area contributed by atoms with Crippen LogP contribution in [0.15, 0.2) is 48.8 Å². The second kappa shape index (κ2) is 8.44. The third kappa shape index (κ3) is 5.03. The Morgan fingerprint density at radius 3 is 2.23 bits per heavy atom. The summed E-state index contributed by atoms with van der Waals surface area (Å²) in [5, 5.41) is 5.60. The molecule has 1 aliphatic heterocycles. The molecule has 1 aromatic carbocycles. The minimum absolute atomic E-state index is 0.0988. The highest BCUT2D eigenvalue weighted by atomic mass is 16.2. The largest absolute Gasteiger partial charge is 0.326 e. The number of hydrogen-bond donors (Lipinski definition) is 2. The van der Waals surface area contributed by atoms with Crippen LogP contribution in [-0.2, 0) is 11.3 Å². The van der Waals surface area contributed by atoms with Gasteiger partial charge in [0.05, 0.1) is 0 Å². The normalized spacial score (nSPS) is 14.7. The summed E-state index contributed by atoms with van der Waals surface area (Å²) in [6.07, 6.45) is 3.65. The number of carbonyl (C=O) groups is 2. The van der Waals surface area contributed by atoms with Gasteiger partial charge in [0.1, 0.15) is 0 Å². The van der Waals surface area contributed by atoms with Crippen molar-refractivity contribution in [3.8, 4) is 0 Å². The monoisotopic (exact) mass is 353 g/mol. The molecule has 1 saturated heterocycles. The van der Waals surface area contributed by atoms with Crippen molar-refractivity contribution in [2.45, 2.75) is 13.5 Å². The van der Waals surface area contributed by atoms with Crippen molar-refractivity contribution in [2.24, 2.45) is 0 Å². The predicted molar refractivity (Wildman–Crippen MR) is 101 cm³/mol. The van der Waals surface area contributed by atoms with Crippen LogP contribution >= 0.6 is 0 Å². The van der Waals surface area contributed by atoms with E-state index in [4.69, 9.17) is 0 Å². The molecule has 0 radical (unpaired) electrons. The zero-order valence-corrected chi connectivity index (χ0v) is 14.8. The number of nitrogens with one attached hydrogen (secondary N) is 2. The Labute approximate surface area is 153 Å². The molecule has 1 aromatic heterocycles. The Morgan fingerprint density at radius 2 is 1.65 bits per heavy atom. The fourth-order valence-corrected chi connectivity index (χ4v) is 2.90. The molecule has 26 heavy (non-hydrogen) atoms. The third-order valence-electron chi connectivity index (χ3n) is 4.25. The van der Waals surface area contributed by atoms with Crippen molar-refractivity contribution in [3.63, 3.8) is 0 Å². The van der Waals surface area contributed by atoms with Gasteiger partial charge in [0.15, 0.2) is 0 Å². The SMILES string of the molecule is CC(=O)Nc1ccc(NC(=O)N2CCN(Cc3cccnc3)CC2)cc1. The maximum Gasteiger partial charge on any atom is 0.321 e. The summed E-state index contributed by atoms with van der Waals surface area (Å²) in [6.45, 7) is 5.37. The first-order valence-electron chi connectivity index (χ1n) is 8.65. The summed E-state index contributed by atoms with van der Waals surface area (Å²) < 4.78 is 0. The van der Waals surface area contributed by atoms with Gasteiger partial charge in [0.2, 0.25) is 5.91 Å². The molecule has 2 heterocycles. The summed E-state index contributed by atoms with van der Waals surface area (Å²) in [4.78, 5) is 31.7. The molecule has 3 rings (SSSR count). The van der Waals surface area contributed by atoms with Gasteiger partial charge in [-0.1, -0.05) is 6.07 Å². The molecule has 2 N–H and O–H groups in total. The number of anilines is 2. The van der Waals surface area contributed by atoms with Crippen LogP contribution in [0.4, 0.5) is 16.2 Å². The summed E-state index contributed by atoms with van der Waals surface area (Å²) in [5.74, 6) is -0.119. The highest BCUT2D eigenvalue weighted by Crippen LogP contribution is 2.15. The van der Waals surface area contributed by atoms with Gasteiger partial charge >= 0.3 is 6.03 Å². The maximum absolute atomic E-state index is 12.4. The highest BCUT2D eigenvalue weighted by molar-refractivity contribution is 5.91. The number of carbonyl (C=O) groups excluding carboxylic acids is 2. The third-order valence-corrected chi connectivity index (χ3v) is 4.25. The van der Waals surface area contributed by atoms with Gasteiger partial charge in [-0.3, -0.25) is 14.7 Å².